The normalized spacial score (nSPS) is 18.5. The van der Waals surface area contributed by atoms with Crippen molar-refractivity contribution < 1.29 is 0 Å². The lowest BCUT2D eigenvalue weighted by Gasteiger charge is -2.21. The Morgan fingerprint density at radius 2 is 2.22 bits per heavy atom. The van der Waals surface area contributed by atoms with Crippen molar-refractivity contribution >= 4 is 12.0 Å². The molecular weight excluding hydrogens is 226 g/mol. The van der Waals surface area contributed by atoms with E-state index in [9.17, 15) is 0 Å². The van der Waals surface area contributed by atoms with Crippen molar-refractivity contribution in [3.8, 4) is 5.82 Å². The summed E-state index contributed by atoms with van der Waals surface area (Å²) in [7, 11) is 0. The van der Waals surface area contributed by atoms with Gasteiger partial charge < -0.3 is 0 Å². The lowest BCUT2D eigenvalue weighted by atomic mass is 10.2. The molecule has 5 heteroatoms. The first-order valence-electron chi connectivity index (χ1n) is 6.15. The Kier molecular flexibility index (Phi) is 2.80. The highest BCUT2D eigenvalue weighted by atomic mass is 15.5. The predicted molar refractivity (Wildman–Crippen MR) is 71.0 cm³/mol. The standard InChI is InChI=1S/C13H15N5/c1-2-11-6-7-15-18(11)13-5-3-4-12(16-13)17-9-8-14-10-17/h3-5,7-11H,2,6H2,1H3. The zero-order valence-corrected chi connectivity index (χ0v) is 10.3. The fraction of sp³-hybridized carbons (Fsp3) is 0.308. The third-order valence-electron chi connectivity index (χ3n) is 3.12. The van der Waals surface area contributed by atoms with E-state index in [1.54, 1.807) is 12.5 Å². The third kappa shape index (κ3) is 1.88. The van der Waals surface area contributed by atoms with E-state index in [4.69, 9.17) is 0 Å². The summed E-state index contributed by atoms with van der Waals surface area (Å²) in [5.41, 5.74) is 0. The van der Waals surface area contributed by atoms with Gasteiger partial charge in [-0.15, -0.1) is 0 Å². The zero-order chi connectivity index (χ0) is 12.4. The molecular formula is C13H15N5. The van der Waals surface area contributed by atoms with Crippen molar-refractivity contribution in [1.29, 1.82) is 0 Å². The minimum Gasteiger partial charge on any atom is -0.290 e. The van der Waals surface area contributed by atoms with Gasteiger partial charge in [-0.1, -0.05) is 13.0 Å². The van der Waals surface area contributed by atoms with Gasteiger partial charge in [0.1, 0.15) is 12.1 Å². The van der Waals surface area contributed by atoms with E-state index >= 15 is 0 Å². The largest absolute Gasteiger partial charge is 0.290 e. The van der Waals surface area contributed by atoms with Gasteiger partial charge in [-0.3, -0.25) is 4.57 Å². The van der Waals surface area contributed by atoms with E-state index in [0.29, 0.717) is 6.04 Å². The molecule has 2 aromatic rings. The van der Waals surface area contributed by atoms with Crippen LogP contribution in [0.25, 0.3) is 5.82 Å². The van der Waals surface area contributed by atoms with Gasteiger partial charge in [0.15, 0.2) is 5.82 Å². The van der Waals surface area contributed by atoms with Gasteiger partial charge in [-0.25, -0.2) is 15.0 Å². The molecule has 18 heavy (non-hydrogen) atoms. The van der Waals surface area contributed by atoms with Gasteiger partial charge in [0.2, 0.25) is 0 Å². The molecule has 0 aromatic carbocycles. The van der Waals surface area contributed by atoms with Crippen LogP contribution in [0.2, 0.25) is 0 Å². The number of hydrogen-bond donors (Lipinski definition) is 0. The van der Waals surface area contributed by atoms with Crippen LogP contribution >= 0.6 is 0 Å². The van der Waals surface area contributed by atoms with E-state index < -0.39 is 0 Å². The third-order valence-corrected chi connectivity index (χ3v) is 3.12. The Hall–Kier alpha value is -2.17. The van der Waals surface area contributed by atoms with E-state index in [2.05, 4.69) is 22.0 Å². The molecule has 0 radical (unpaired) electrons. The molecule has 92 valence electrons. The molecule has 0 N–H and O–H groups in total. The summed E-state index contributed by atoms with van der Waals surface area (Å²) in [6.45, 7) is 2.17. The highest BCUT2D eigenvalue weighted by Gasteiger charge is 2.21. The van der Waals surface area contributed by atoms with Gasteiger partial charge >= 0.3 is 0 Å². The monoisotopic (exact) mass is 241 g/mol. The van der Waals surface area contributed by atoms with Gasteiger partial charge in [0.25, 0.3) is 0 Å². The summed E-state index contributed by atoms with van der Waals surface area (Å²) in [5.74, 6) is 1.75. The van der Waals surface area contributed by atoms with Crippen molar-refractivity contribution in [2.24, 2.45) is 5.10 Å². The second-order valence-corrected chi connectivity index (χ2v) is 4.26. The molecule has 0 fully saturated rings. The van der Waals surface area contributed by atoms with Crippen LogP contribution in [0, 0.1) is 0 Å². The number of hydrogen-bond acceptors (Lipinski definition) is 4. The number of rotatable bonds is 3. The van der Waals surface area contributed by atoms with Crippen LogP contribution in [0.15, 0.2) is 42.0 Å². The molecule has 0 amide bonds. The number of nitrogens with zero attached hydrogens (tertiary/aromatic N) is 5. The first kappa shape index (κ1) is 11.0. The number of hydrazone groups is 1. The predicted octanol–water partition coefficient (Wildman–Crippen LogP) is 2.24. The quantitative estimate of drug-likeness (QED) is 0.828. The van der Waals surface area contributed by atoms with E-state index in [1.807, 2.05) is 40.2 Å². The minimum atomic E-state index is 0.426. The van der Waals surface area contributed by atoms with Gasteiger partial charge in [0.05, 0.1) is 6.04 Å². The number of imidazole rings is 1. The average Bonchev–Trinajstić information content (AvgIpc) is 3.10. The fourth-order valence-corrected chi connectivity index (χ4v) is 2.11. The Balaban J connectivity index is 1.94. The molecule has 2 aromatic heterocycles. The summed E-state index contributed by atoms with van der Waals surface area (Å²) >= 11 is 0. The molecule has 1 aliphatic heterocycles. The second kappa shape index (κ2) is 4.60. The maximum absolute atomic E-state index is 4.63. The smallest absolute Gasteiger partial charge is 0.151 e. The Bertz CT molecular complexity index is 546. The molecule has 1 atom stereocenters. The SMILES string of the molecule is CCC1CC=NN1c1cccc(-n2ccnc2)n1. The first-order valence-corrected chi connectivity index (χ1v) is 6.15. The molecule has 0 saturated carbocycles. The summed E-state index contributed by atoms with van der Waals surface area (Å²) in [5, 5.41) is 6.40. The van der Waals surface area contributed by atoms with Gasteiger partial charge in [0, 0.05) is 25.0 Å². The van der Waals surface area contributed by atoms with Gasteiger partial charge in [-0.05, 0) is 18.6 Å². The number of aromatic nitrogens is 3. The fourth-order valence-electron chi connectivity index (χ4n) is 2.11. The van der Waals surface area contributed by atoms with Crippen molar-refractivity contribution in [1.82, 2.24) is 14.5 Å². The minimum absolute atomic E-state index is 0.426. The number of pyridine rings is 1. The molecule has 5 nitrogen and oxygen atoms in total. The Labute approximate surface area is 106 Å². The summed E-state index contributed by atoms with van der Waals surface area (Å²) in [6.07, 6.45) is 9.40. The molecule has 1 aliphatic rings. The summed E-state index contributed by atoms with van der Waals surface area (Å²) < 4.78 is 1.89. The molecule has 0 spiro atoms. The highest BCUT2D eigenvalue weighted by Crippen LogP contribution is 2.22. The topological polar surface area (TPSA) is 46.3 Å². The van der Waals surface area contributed by atoms with Crippen LogP contribution in [-0.4, -0.2) is 26.8 Å². The molecule has 0 saturated heterocycles. The van der Waals surface area contributed by atoms with Crippen LogP contribution in [0.4, 0.5) is 5.82 Å². The lowest BCUT2D eigenvalue weighted by molar-refractivity contribution is 0.633. The van der Waals surface area contributed by atoms with Crippen molar-refractivity contribution in [2.75, 3.05) is 5.01 Å². The first-order chi connectivity index (χ1) is 8.88. The van der Waals surface area contributed by atoms with Crippen LogP contribution < -0.4 is 5.01 Å². The maximum atomic E-state index is 4.63. The van der Waals surface area contributed by atoms with E-state index in [-0.39, 0.29) is 0 Å². The van der Waals surface area contributed by atoms with Crippen LogP contribution in [0.1, 0.15) is 19.8 Å². The maximum Gasteiger partial charge on any atom is 0.151 e. The molecule has 1 unspecified atom stereocenters. The molecule has 3 heterocycles. The van der Waals surface area contributed by atoms with Crippen molar-refractivity contribution in [3.63, 3.8) is 0 Å². The van der Waals surface area contributed by atoms with Crippen molar-refractivity contribution in [2.45, 2.75) is 25.8 Å². The second-order valence-electron chi connectivity index (χ2n) is 4.26. The van der Waals surface area contributed by atoms with Crippen molar-refractivity contribution in [3.05, 3.63) is 36.9 Å². The Morgan fingerprint density at radius 1 is 1.33 bits per heavy atom. The molecule has 0 bridgehead atoms. The van der Waals surface area contributed by atoms with Crippen LogP contribution in [-0.2, 0) is 0 Å². The number of anilines is 1. The highest BCUT2D eigenvalue weighted by molar-refractivity contribution is 5.65. The lowest BCUT2D eigenvalue weighted by Crippen LogP contribution is -2.26. The van der Waals surface area contributed by atoms with E-state index in [1.165, 1.54) is 0 Å². The zero-order valence-electron chi connectivity index (χ0n) is 10.3. The summed E-state index contributed by atoms with van der Waals surface area (Å²) in [4.78, 5) is 8.67. The van der Waals surface area contributed by atoms with E-state index in [0.717, 1.165) is 24.5 Å². The van der Waals surface area contributed by atoms with Crippen LogP contribution in [0.5, 0.6) is 0 Å². The Morgan fingerprint density at radius 3 is 3.00 bits per heavy atom. The summed E-state index contributed by atoms with van der Waals surface area (Å²) in [6, 6.07) is 6.38. The molecule has 3 rings (SSSR count). The molecule has 0 aliphatic carbocycles. The van der Waals surface area contributed by atoms with Gasteiger partial charge in [-0.2, -0.15) is 5.10 Å². The van der Waals surface area contributed by atoms with Crippen LogP contribution in [0.3, 0.4) is 0 Å². The average molecular weight is 241 g/mol.